The van der Waals surface area contributed by atoms with Crippen LogP contribution in [0.25, 0.3) is 11.0 Å². The van der Waals surface area contributed by atoms with E-state index in [2.05, 4.69) is 44.8 Å². The van der Waals surface area contributed by atoms with Gasteiger partial charge in [0, 0.05) is 24.8 Å². The van der Waals surface area contributed by atoms with Gasteiger partial charge in [-0.15, -0.1) is 0 Å². The third kappa shape index (κ3) is 1.79. The number of rotatable bonds is 3. The lowest BCUT2D eigenvalue weighted by molar-refractivity contribution is -0.0724. The molecule has 0 atom stereocenters. The van der Waals surface area contributed by atoms with Gasteiger partial charge in [-0.1, -0.05) is 0 Å². The molecule has 0 amide bonds. The number of anilines is 1. The molecule has 0 aromatic carbocycles. The lowest BCUT2D eigenvalue weighted by Gasteiger charge is -2.49. The minimum Gasteiger partial charge on any atom is -0.378 e. The maximum absolute atomic E-state index is 5.27. The number of aromatic amines is 1. The molecule has 0 spiro atoms. The second-order valence-corrected chi connectivity index (χ2v) is 5.83. The molecule has 0 aliphatic carbocycles. The molecule has 2 saturated heterocycles. The molecule has 2 aromatic rings. The van der Waals surface area contributed by atoms with Crippen molar-refractivity contribution >= 4 is 16.9 Å². The summed E-state index contributed by atoms with van der Waals surface area (Å²) < 4.78 is 5.27. The Labute approximate surface area is 117 Å². The van der Waals surface area contributed by atoms with Gasteiger partial charge >= 0.3 is 0 Å². The Balaban J connectivity index is 1.51. The molecule has 0 bridgehead atoms. The Kier molecular flexibility index (Phi) is 2.68. The fourth-order valence-corrected chi connectivity index (χ4v) is 2.95. The quantitative estimate of drug-likeness (QED) is 0.896. The summed E-state index contributed by atoms with van der Waals surface area (Å²) in [6.45, 7) is 5.87. The zero-order valence-electron chi connectivity index (χ0n) is 11.8. The zero-order chi connectivity index (χ0) is 13.7. The van der Waals surface area contributed by atoms with Crippen molar-refractivity contribution in [2.24, 2.45) is 0 Å². The highest BCUT2D eigenvalue weighted by Gasteiger charge is 2.37. The van der Waals surface area contributed by atoms with E-state index in [0.29, 0.717) is 12.1 Å². The Bertz CT molecular complexity index is 630. The number of aromatic nitrogens is 3. The molecule has 2 aromatic heterocycles. The van der Waals surface area contributed by atoms with E-state index in [0.717, 1.165) is 48.8 Å². The fourth-order valence-electron chi connectivity index (χ4n) is 2.95. The average Bonchev–Trinajstić information content (AvgIpc) is 2.65. The number of likely N-dealkylation sites (N-methyl/N-ethyl adjacent to an activating group) is 1. The Morgan fingerprint density at radius 2 is 2.10 bits per heavy atom. The Morgan fingerprint density at radius 1 is 1.30 bits per heavy atom. The molecule has 106 valence electrons. The van der Waals surface area contributed by atoms with Crippen molar-refractivity contribution in [3.63, 3.8) is 0 Å². The monoisotopic (exact) mass is 273 g/mol. The van der Waals surface area contributed by atoms with Gasteiger partial charge in [-0.2, -0.15) is 0 Å². The molecule has 1 N–H and O–H groups in total. The van der Waals surface area contributed by atoms with Gasteiger partial charge in [-0.05, 0) is 20.0 Å². The third-order valence-electron chi connectivity index (χ3n) is 4.47. The molecule has 6 heteroatoms. The summed E-state index contributed by atoms with van der Waals surface area (Å²) in [7, 11) is 2.20. The van der Waals surface area contributed by atoms with E-state index >= 15 is 0 Å². The van der Waals surface area contributed by atoms with Crippen LogP contribution >= 0.6 is 0 Å². The van der Waals surface area contributed by atoms with E-state index in [-0.39, 0.29) is 0 Å². The van der Waals surface area contributed by atoms with Gasteiger partial charge < -0.3 is 14.6 Å². The van der Waals surface area contributed by atoms with E-state index in [1.54, 1.807) is 6.33 Å². The van der Waals surface area contributed by atoms with Crippen molar-refractivity contribution < 1.29 is 4.74 Å². The number of aryl methyl sites for hydroxylation is 1. The van der Waals surface area contributed by atoms with Crippen LogP contribution in [0.3, 0.4) is 0 Å². The Hall–Kier alpha value is -1.66. The van der Waals surface area contributed by atoms with Gasteiger partial charge in [0.15, 0.2) is 0 Å². The minimum absolute atomic E-state index is 0.599. The molecule has 4 heterocycles. The first-order valence-electron chi connectivity index (χ1n) is 7.07. The Morgan fingerprint density at radius 3 is 2.80 bits per heavy atom. The van der Waals surface area contributed by atoms with E-state index < -0.39 is 0 Å². The fraction of sp³-hybridized carbons (Fsp3) is 0.571. The number of nitrogens with one attached hydrogen (secondary N) is 1. The maximum Gasteiger partial charge on any atom is 0.143 e. The van der Waals surface area contributed by atoms with Crippen molar-refractivity contribution in [2.75, 3.05) is 38.3 Å². The standard InChI is InChI=1S/C14H19N5O/c1-9-3-12-13(17-9)15-8-16-14(12)19-4-10(5-19)18(2)11-6-20-7-11/h3,8,10-11H,4-7H2,1-2H3,(H,15,16,17). The highest BCUT2D eigenvalue weighted by atomic mass is 16.5. The summed E-state index contributed by atoms with van der Waals surface area (Å²) in [5, 5.41) is 1.12. The maximum atomic E-state index is 5.27. The molecule has 20 heavy (non-hydrogen) atoms. The predicted octanol–water partition coefficient (Wildman–Crippen LogP) is 0.786. The van der Waals surface area contributed by atoms with Gasteiger partial charge in [0.05, 0.1) is 24.6 Å². The van der Waals surface area contributed by atoms with Crippen molar-refractivity contribution in [1.82, 2.24) is 19.9 Å². The molecule has 6 nitrogen and oxygen atoms in total. The first-order valence-corrected chi connectivity index (χ1v) is 7.07. The topological polar surface area (TPSA) is 57.3 Å². The molecule has 2 fully saturated rings. The van der Waals surface area contributed by atoms with Crippen LogP contribution in [0.1, 0.15) is 5.69 Å². The van der Waals surface area contributed by atoms with Gasteiger partial charge in [0.25, 0.3) is 0 Å². The minimum atomic E-state index is 0.599. The lowest BCUT2D eigenvalue weighted by Crippen LogP contribution is -2.64. The van der Waals surface area contributed by atoms with Crippen molar-refractivity contribution in [2.45, 2.75) is 19.0 Å². The van der Waals surface area contributed by atoms with Gasteiger partial charge in [-0.3, -0.25) is 4.90 Å². The van der Waals surface area contributed by atoms with Crippen LogP contribution in [0.5, 0.6) is 0 Å². The van der Waals surface area contributed by atoms with Crippen LogP contribution in [-0.2, 0) is 4.74 Å². The van der Waals surface area contributed by atoms with Crippen molar-refractivity contribution in [1.29, 1.82) is 0 Å². The summed E-state index contributed by atoms with van der Waals surface area (Å²) in [6.07, 6.45) is 1.64. The number of hydrogen-bond donors (Lipinski definition) is 1. The summed E-state index contributed by atoms with van der Waals surface area (Å²) in [5.74, 6) is 1.05. The molecule has 2 aliphatic heterocycles. The van der Waals surface area contributed by atoms with E-state index in [1.807, 2.05) is 0 Å². The number of hydrogen-bond acceptors (Lipinski definition) is 5. The molecule has 0 saturated carbocycles. The predicted molar refractivity (Wildman–Crippen MR) is 77.0 cm³/mol. The van der Waals surface area contributed by atoms with Crippen LogP contribution in [0, 0.1) is 6.92 Å². The van der Waals surface area contributed by atoms with Crippen LogP contribution in [0.15, 0.2) is 12.4 Å². The largest absolute Gasteiger partial charge is 0.378 e. The molecular weight excluding hydrogens is 254 g/mol. The van der Waals surface area contributed by atoms with Crippen LogP contribution in [0.4, 0.5) is 5.82 Å². The van der Waals surface area contributed by atoms with Crippen LogP contribution in [-0.4, -0.2) is 65.3 Å². The second-order valence-electron chi connectivity index (χ2n) is 5.83. The lowest BCUT2D eigenvalue weighted by atomic mass is 10.0. The number of fused-ring (bicyclic) bond motifs is 1. The normalized spacial score (nSPS) is 20.4. The molecule has 4 rings (SSSR count). The zero-order valence-corrected chi connectivity index (χ0v) is 11.8. The number of ether oxygens (including phenoxy) is 1. The molecular formula is C14H19N5O. The summed E-state index contributed by atoms with van der Waals surface area (Å²) in [4.78, 5) is 16.8. The van der Waals surface area contributed by atoms with E-state index in [4.69, 9.17) is 4.74 Å². The summed E-state index contributed by atoms with van der Waals surface area (Å²) in [6, 6.07) is 3.33. The first-order chi connectivity index (χ1) is 9.72. The van der Waals surface area contributed by atoms with Gasteiger partial charge in [-0.25, -0.2) is 9.97 Å². The third-order valence-corrected chi connectivity index (χ3v) is 4.47. The highest BCUT2D eigenvalue weighted by Crippen LogP contribution is 2.29. The number of nitrogens with zero attached hydrogens (tertiary/aromatic N) is 4. The molecule has 0 unspecified atom stereocenters. The SMILES string of the molecule is Cc1cc2c(N3CC(N(C)C4COC4)C3)ncnc2[nH]1. The van der Waals surface area contributed by atoms with E-state index in [1.165, 1.54) is 0 Å². The highest BCUT2D eigenvalue weighted by molar-refractivity contribution is 5.88. The molecule has 2 aliphatic rings. The van der Waals surface area contributed by atoms with Crippen molar-refractivity contribution in [3.8, 4) is 0 Å². The second kappa shape index (κ2) is 4.43. The number of H-pyrrole nitrogens is 1. The van der Waals surface area contributed by atoms with E-state index in [9.17, 15) is 0 Å². The van der Waals surface area contributed by atoms with Gasteiger partial charge in [0.2, 0.25) is 0 Å². The van der Waals surface area contributed by atoms with Crippen LogP contribution in [0.2, 0.25) is 0 Å². The smallest absolute Gasteiger partial charge is 0.143 e. The van der Waals surface area contributed by atoms with Gasteiger partial charge in [0.1, 0.15) is 17.8 Å². The average molecular weight is 273 g/mol. The molecule has 0 radical (unpaired) electrons. The summed E-state index contributed by atoms with van der Waals surface area (Å²) >= 11 is 0. The van der Waals surface area contributed by atoms with Crippen LogP contribution < -0.4 is 4.90 Å². The summed E-state index contributed by atoms with van der Waals surface area (Å²) in [5.41, 5.74) is 2.05. The van der Waals surface area contributed by atoms with Crippen molar-refractivity contribution in [3.05, 3.63) is 18.1 Å². The first kappa shape index (κ1) is 12.1.